The van der Waals surface area contributed by atoms with Gasteiger partial charge in [-0.05, 0) is 24.7 Å². The minimum absolute atomic E-state index is 0.0122. The number of hydrogen-bond acceptors (Lipinski definition) is 4. The molecule has 0 unspecified atom stereocenters. The Bertz CT molecular complexity index is 705. The van der Waals surface area contributed by atoms with Crippen molar-refractivity contribution in [2.75, 3.05) is 58.9 Å². The maximum absolute atomic E-state index is 12.8. The highest BCUT2D eigenvalue weighted by Gasteiger charge is 2.25. The first-order chi connectivity index (χ1) is 13.0. The van der Waals surface area contributed by atoms with E-state index in [-0.39, 0.29) is 17.7 Å². The molecule has 0 spiro atoms. The highest BCUT2D eigenvalue weighted by Crippen LogP contribution is 2.14. The van der Waals surface area contributed by atoms with E-state index in [9.17, 15) is 14.4 Å². The van der Waals surface area contributed by atoms with Crippen LogP contribution >= 0.6 is 0 Å². The average Bonchev–Trinajstić information content (AvgIpc) is 2.73. The van der Waals surface area contributed by atoms with Gasteiger partial charge in [0.2, 0.25) is 5.91 Å². The molecule has 1 aromatic carbocycles. The van der Waals surface area contributed by atoms with Crippen LogP contribution in [0.25, 0.3) is 0 Å². The second-order valence-electron chi connectivity index (χ2n) is 7.11. The van der Waals surface area contributed by atoms with Crippen LogP contribution in [0.2, 0.25) is 0 Å². The Morgan fingerprint density at radius 3 is 1.67 bits per heavy atom. The summed E-state index contributed by atoms with van der Waals surface area (Å²) in [6.07, 6.45) is 0. The van der Waals surface area contributed by atoms with E-state index in [1.54, 1.807) is 41.0 Å². The monoisotopic (exact) mass is 372 g/mol. The Hall–Kier alpha value is -2.41. The summed E-state index contributed by atoms with van der Waals surface area (Å²) in [7, 11) is 0. The molecule has 2 aliphatic heterocycles. The Morgan fingerprint density at radius 1 is 0.778 bits per heavy atom. The van der Waals surface area contributed by atoms with E-state index in [1.807, 2.05) is 4.90 Å². The molecular formula is C20H28N4O3. The lowest BCUT2D eigenvalue weighted by Gasteiger charge is -2.35. The normalized spacial score (nSPS) is 18.5. The van der Waals surface area contributed by atoms with Crippen molar-refractivity contribution < 1.29 is 14.4 Å². The number of likely N-dealkylation sites (N-methyl/N-ethyl adjacent to an activating group) is 1. The predicted molar refractivity (Wildman–Crippen MR) is 103 cm³/mol. The molecule has 2 heterocycles. The number of piperazine rings is 2. The fourth-order valence-electron chi connectivity index (χ4n) is 3.64. The molecule has 0 radical (unpaired) electrons. The van der Waals surface area contributed by atoms with Crippen molar-refractivity contribution in [3.05, 3.63) is 35.4 Å². The molecule has 2 saturated heterocycles. The molecular weight excluding hydrogens is 344 g/mol. The summed E-state index contributed by atoms with van der Waals surface area (Å²) in [5.41, 5.74) is 1.09. The van der Waals surface area contributed by atoms with Gasteiger partial charge >= 0.3 is 0 Å². The molecule has 7 heteroatoms. The number of nitrogens with zero attached hydrogens (tertiary/aromatic N) is 4. The van der Waals surface area contributed by atoms with E-state index < -0.39 is 0 Å². The Morgan fingerprint density at radius 2 is 1.22 bits per heavy atom. The number of carbonyl (C=O) groups is 3. The van der Waals surface area contributed by atoms with Gasteiger partial charge in [0.25, 0.3) is 11.8 Å². The van der Waals surface area contributed by atoms with Crippen LogP contribution in [0.1, 0.15) is 34.6 Å². The molecule has 0 bridgehead atoms. The Labute approximate surface area is 160 Å². The summed E-state index contributed by atoms with van der Waals surface area (Å²) >= 11 is 0. The molecule has 0 saturated carbocycles. The molecule has 146 valence electrons. The van der Waals surface area contributed by atoms with Crippen LogP contribution in [0, 0.1) is 0 Å². The lowest BCUT2D eigenvalue weighted by atomic mass is 10.1. The molecule has 2 fully saturated rings. The first-order valence-corrected chi connectivity index (χ1v) is 9.66. The summed E-state index contributed by atoms with van der Waals surface area (Å²) in [5.74, 6) is -0.0525. The zero-order chi connectivity index (χ0) is 19.4. The summed E-state index contributed by atoms with van der Waals surface area (Å²) in [5, 5.41) is 0. The highest BCUT2D eigenvalue weighted by molar-refractivity contribution is 5.99. The maximum atomic E-state index is 12.8. The van der Waals surface area contributed by atoms with Gasteiger partial charge in [-0.3, -0.25) is 14.4 Å². The van der Waals surface area contributed by atoms with Crippen molar-refractivity contribution in [1.29, 1.82) is 0 Å². The summed E-state index contributed by atoms with van der Waals surface area (Å²) in [6, 6.07) is 7.01. The van der Waals surface area contributed by atoms with E-state index in [0.717, 1.165) is 32.7 Å². The van der Waals surface area contributed by atoms with Gasteiger partial charge in [-0.25, -0.2) is 0 Å². The Balaban J connectivity index is 1.64. The predicted octanol–water partition coefficient (Wildman–Crippen LogP) is 0.769. The fraction of sp³-hybridized carbons (Fsp3) is 0.550. The Kier molecular flexibility index (Phi) is 6.11. The zero-order valence-electron chi connectivity index (χ0n) is 16.2. The third-order valence-electron chi connectivity index (χ3n) is 5.48. The number of amides is 3. The quantitative estimate of drug-likeness (QED) is 0.786. The molecule has 0 N–H and O–H groups in total. The van der Waals surface area contributed by atoms with E-state index in [1.165, 1.54) is 0 Å². The smallest absolute Gasteiger partial charge is 0.253 e. The maximum Gasteiger partial charge on any atom is 0.253 e. The molecule has 0 aromatic heterocycles. The lowest BCUT2D eigenvalue weighted by Crippen LogP contribution is -2.50. The van der Waals surface area contributed by atoms with E-state index in [0.29, 0.717) is 37.3 Å². The first kappa shape index (κ1) is 19.4. The van der Waals surface area contributed by atoms with Crippen LogP contribution < -0.4 is 0 Å². The van der Waals surface area contributed by atoms with Gasteiger partial charge in [0.05, 0.1) is 0 Å². The number of benzene rings is 1. The average molecular weight is 372 g/mol. The largest absolute Gasteiger partial charge is 0.339 e. The van der Waals surface area contributed by atoms with Gasteiger partial charge in [0.15, 0.2) is 0 Å². The summed E-state index contributed by atoms with van der Waals surface area (Å²) in [4.78, 5) is 44.7. The van der Waals surface area contributed by atoms with Crippen molar-refractivity contribution in [2.24, 2.45) is 0 Å². The molecule has 27 heavy (non-hydrogen) atoms. The standard InChI is InChI=1S/C20H28N4O3/c1-3-21-7-9-23(10-8-21)19(26)17-5-4-6-18(15-17)20(27)24-13-11-22(12-14-24)16(2)25/h4-6,15H,3,7-14H2,1-2H3. The first-order valence-electron chi connectivity index (χ1n) is 9.66. The van der Waals surface area contributed by atoms with Gasteiger partial charge in [0, 0.05) is 70.4 Å². The molecule has 7 nitrogen and oxygen atoms in total. The van der Waals surface area contributed by atoms with E-state index in [2.05, 4.69) is 11.8 Å². The van der Waals surface area contributed by atoms with Gasteiger partial charge in [-0.2, -0.15) is 0 Å². The van der Waals surface area contributed by atoms with Crippen molar-refractivity contribution >= 4 is 17.7 Å². The lowest BCUT2D eigenvalue weighted by molar-refractivity contribution is -0.130. The second kappa shape index (κ2) is 8.52. The van der Waals surface area contributed by atoms with Crippen molar-refractivity contribution in [3.63, 3.8) is 0 Å². The van der Waals surface area contributed by atoms with Crippen LogP contribution in [-0.2, 0) is 4.79 Å². The van der Waals surface area contributed by atoms with Crippen LogP contribution in [0.15, 0.2) is 24.3 Å². The summed E-state index contributed by atoms with van der Waals surface area (Å²) < 4.78 is 0. The molecule has 2 aliphatic rings. The van der Waals surface area contributed by atoms with Crippen LogP contribution in [0.3, 0.4) is 0 Å². The number of rotatable bonds is 3. The van der Waals surface area contributed by atoms with Crippen LogP contribution in [-0.4, -0.2) is 96.2 Å². The molecule has 1 aromatic rings. The number of carbonyl (C=O) groups excluding carboxylic acids is 3. The second-order valence-corrected chi connectivity index (χ2v) is 7.11. The van der Waals surface area contributed by atoms with Gasteiger partial charge in [-0.1, -0.05) is 13.0 Å². The molecule has 0 aliphatic carbocycles. The van der Waals surface area contributed by atoms with Gasteiger partial charge < -0.3 is 19.6 Å². The number of hydrogen-bond donors (Lipinski definition) is 0. The van der Waals surface area contributed by atoms with E-state index in [4.69, 9.17) is 0 Å². The van der Waals surface area contributed by atoms with Gasteiger partial charge in [-0.15, -0.1) is 0 Å². The third kappa shape index (κ3) is 4.47. The SMILES string of the molecule is CCN1CCN(C(=O)c2cccc(C(=O)N3CCN(C(C)=O)CC3)c2)CC1. The van der Waals surface area contributed by atoms with Crippen LogP contribution in [0.4, 0.5) is 0 Å². The molecule has 0 atom stereocenters. The van der Waals surface area contributed by atoms with Crippen molar-refractivity contribution in [2.45, 2.75) is 13.8 Å². The molecule has 3 rings (SSSR count). The topological polar surface area (TPSA) is 64.2 Å². The fourth-order valence-corrected chi connectivity index (χ4v) is 3.64. The minimum Gasteiger partial charge on any atom is -0.339 e. The zero-order valence-corrected chi connectivity index (χ0v) is 16.2. The van der Waals surface area contributed by atoms with E-state index >= 15 is 0 Å². The highest BCUT2D eigenvalue weighted by atomic mass is 16.2. The van der Waals surface area contributed by atoms with Crippen LogP contribution in [0.5, 0.6) is 0 Å². The third-order valence-corrected chi connectivity index (χ3v) is 5.48. The molecule has 3 amide bonds. The van der Waals surface area contributed by atoms with Crippen molar-refractivity contribution in [3.8, 4) is 0 Å². The summed E-state index contributed by atoms with van der Waals surface area (Å²) in [6.45, 7) is 10.1. The minimum atomic E-state index is -0.0799. The van der Waals surface area contributed by atoms with Gasteiger partial charge in [0.1, 0.15) is 0 Å². The van der Waals surface area contributed by atoms with Crippen molar-refractivity contribution in [1.82, 2.24) is 19.6 Å².